The predicted molar refractivity (Wildman–Crippen MR) is 107 cm³/mol. The Morgan fingerprint density at radius 2 is 1.65 bits per heavy atom. The highest BCUT2D eigenvalue weighted by Crippen LogP contribution is 2.29. The van der Waals surface area contributed by atoms with Crippen molar-refractivity contribution in [3.63, 3.8) is 0 Å². The molecule has 0 saturated carbocycles. The predicted octanol–water partition coefficient (Wildman–Crippen LogP) is 5.26. The Morgan fingerprint density at radius 1 is 1.00 bits per heavy atom. The molecular weight excluding hydrogens is 326 g/mol. The third-order valence-electron chi connectivity index (χ3n) is 3.84. The summed E-state index contributed by atoms with van der Waals surface area (Å²) in [6, 6.07) is 13.5. The lowest BCUT2D eigenvalue weighted by molar-refractivity contribution is -0.111. The van der Waals surface area contributed by atoms with Gasteiger partial charge >= 0.3 is 0 Å². The number of nitrogens with one attached hydrogen (secondary N) is 1. The lowest BCUT2D eigenvalue weighted by Gasteiger charge is -2.11. The van der Waals surface area contributed by atoms with Crippen LogP contribution in [0.1, 0.15) is 44.7 Å². The second-order valence-electron chi connectivity index (χ2n) is 6.17. The zero-order valence-electron chi connectivity index (χ0n) is 15.9. The zero-order valence-corrected chi connectivity index (χ0v) is 15.9. The lowest BCUT2D eigenvalue weighted by Crippen LogP contribution is -2.07. The van der Waals surface area contributed by atoms with Gasteiger partial charge in [-0.15, -0.1) is 0 Å². The minimum atomic E-state index is -0.172. The van der Waals surface area contributed by atoms with Gasteiger partial charge in [0.25, 0.3) is 0 Å². The highest BCUT2D eigenvalue weighted by molar-refractivity contribution is 6.01. The topological polar surface area (TPSA) is 47.6 Å². The quantitative estimate of drug-likeness (QED) is 0.659. The summed E-state index contributed by atoms with van der Waals surface area (Å²) in [5.41, 5.74) is 2.91. The molecule has 0 bridgehead atoms. The molecule has 0 heterocycles. The van der Waals surface area contributed by atoms with Crippen molar-refractivity contribution in [3.05, 3.63) is 59.7 Å². The molecule has 1 amide bonds. The standard InChI is InChI=1S/C22H27NO3/c1-5-25-20-13-7-17(15-21(20)26-6-2)8-14-22(24)23-19-11-9-18(10-12-19)16(3)4/h7-16H,5-6H2,1-4H3,(H,23,24)/b14-8+. The van der Waals surface area contributed by atoms with Crippen molar-refractivity contribution in [2.75, 3.05) is 18.5 Å². The van der Waals surface area contributed by atoms with Crippen LogP contribution in [0.3, 0.4) is 0 Å². The smallest absolute Gasteiger partial charge is 0.248 e. The molecule has 0 aliphatic heterocycles. The van der Waals surface area contributed by atoms with E-state index in [1.54, 1.807) is 6.08 Å². The first kappa shape index (κ1) is 19.6. The molecule has 2 aromatic rings. The van der Waals surface area contributed by atoms with Gasteiger partial charge in [-0.05, 0) is 61.2 Å². The third-order valence-corrected chi connectivity index (χ3v) is 3.84. The summed E-state index contributed by atoms with van der Waals surface area (Å²) in [6.45, 7) is 9.28. The summed E-state index contributed by atoms with van der Waals surface area (Å²) in [5, 5.41) is 2.87. The van der Waals surface area contributed by atoms with Crippen LogP contribution in [0.2, 0.25) is 0 Å². The van der Waals surface area contributed by atoms with Gasteiger partial charge in [0.2, 0.25) is 5.91 Å². The van der Waals surface area contributed by atoms with Crippen LogP contribution < -0.4 is 14.8 Å². The lowest BCUT2D eigenvalue weighted by atomic mass is 10.0. The van der Waals surface area contributed by atoms with Crippen LogP contribution in [-0.2, 0) is 4.79 Å². The Labute approximate surface area is 155 Å². The molecule has 0 aliphatic carbocycles. The molecule has 0 radical (unpaired) electrons. The summed E-state index contributed by atoms with van der Waals surface area (Å²) >= 11 is 0. The first-order chi connectivity index (χ1) is 12.5. The van der Waals surface area contributed by atoms with Crippen molar-refractivity contribution in [1.29, 1.82) is 0 Å². The third kappa shape index (κ3) is 5.66. The first-order valence-electron chi connectivity index (χ1n) is 9.02. The second kappa shape index (κ2) is 9.66. The average Bonchev–Trinajstić information content (AvgIpc) is 2.62. The molecule has 1 N–H and O–H groups in total. The van der Waals surface area contributed by atoms with E-state index in [-0.39, 0.29) is 5.91 Å². The summed E-state index contributed by atoms with van der Waals surface area (Å²) in [7, 11) is 0. The minimum Gasteiger partial charge on any atom is -0.490 e. The van der Waals surface area contributed by atoms with Crippen LogP contribution >= 0.6 is 0 Å². The molecule has 4 heteroatoms. The van der Waals surface area contributed by atoms with Crippen LogP contribution in [-0.4, -0.2) is 19.1 Å². The summed E-state index contributed by atoms with van der Waals surface area (Å²) < 4.78 is 11.2. The van der Waals surface area contributed by atoms with E-state index in [2.05, 4.69) is 19.2 Å². The van der Waals surface area contributed by atoms with E-state index in [1.165, 1.54) is 11.6 Å². The van der Waals surface area contributed by atoms with E-state index < -0.39 is 0 Å². The Balaban J connectivity index is 2.03. The fraction of sp³-hybridized carbons (Fsp3) is 0.318. The molecule has 0 spiro atoms. The monoisotopic (exact) mass is 353 g/mol. The molecule has 0 fully saturated rings. The van der Waals surface area contributed by atoms with Crippen molar-refractivity contribution in [2.24, 2.45) is 0 Å². The molecule has 0 aromatic heterocycles. The SMILES string of the molecule is CCOc1ccc(/C=C/C(=O)Nc2ccc(C(C)C)cc2)cc1OCC. The van der Waals surface area contributed by atoms with Gasteiger partial charge in [0.1, 0.15) is 0 Å². The van der Waals surface area contributed by atoms with Crippen LogP contribution in [0, 0.1) is 0 Å². The van der Waals surface area contributed by atoms with Gasteiger partial charge < -0.3 is 14.8 Å². The van der Waals surface area contributed by atoms with Crippen molar-refractivity contribution in [1.82, 2.24) is 0 Å². The van der Waals surface area contributed by atoms with Gasteiger partial charge in [0, 0.05) is 11.8 Å². The second-order valence-corrected chi connectivity index (χ2v) is 6.17. The number of amides is 1. The van der Waals surface area contributed by atoms with Crippen molar-refractivity contribution < 1.29 is 14.3 Å². The van der Waals surface area contributed by atoms with E-state index in [4.69, 9.17) is 9.47 Å². The highest BCUT2D eigenvalue weighted by atomic mass is 16.5. The van der Waals surface area contributed by atoms with Gasteiger partial charge in [-0.2, -0.15) is 0 Å². The van der Waals surface area contributed by atoms with Crippen molar-refractivity contribution >= 4 is 17.7 Å². The Morgan fingerprint density at radius 3 is 2.27 bits per heavy atom. The van der Waals surface area contributed by atoms with Crippen molar-refractivity contribution in [2.45, 2.75) is 33.6 Å². The van der Waals surface area contributed by atoms with Crippen LogP contribution in [0.15, 0.2) is 48.5 Å². The zero-order chi connectivity index (χ0) is 18.9. The van der Waals surface area contributed by atoms with E-state index in [0.717, 1.165) is 11.3 Å². The average molecular weight is 353 g/mol. The molecule has 138 valence electrons. The minimum absolute atomic E-state index is 0.172. The number of carbonyl (C=O) groups excluding carboxylic acids is 1. The summed E-state index contributed by atoms with van der Waals surface area (Å²) in [6.07, 6.45) is 3.28. The fourth-order valence-electron chi connectivity index (χ4n) is 2.48. The fourth-order valence-corrected chi connectivity index (χ4v) is 2.48. The normalized spacial score (nSPS) is 11.0. The van der Waals surface area contributed by atoms with Gasteiger partial charge in [-0.3, -0.25) is 4.79 Å². The Hall–Kier alpha value is -2.75. The largest absolute Gasteiger partial charge is 0.490 e. The molecule has 0 saturated heterocycles. The maximum Gasteiger partial charge on any atom is 0.248 e. The summed E-state index contributed by atoms with van der Waals surface area (Å²) in [5.74, 6) is 1.69. The van der Waals surface area contributed by atoms with E-state index in [9.17, 15) is 4.79 Å². The van der Waals surface area contributed by atoms with Gasteiger partial charge in [-0.25, -0.2) is 0 Å². The van der Waals surface area contributed by atoms with Crippen LogP contribution in [0.25, 0.3) is 6.08 Å². The molecule has 2 rings (SSSR count). The van der Waals surface area contributed by atoms with E-state index >= 15 is 0 Å². The van der Waals surface area contributed by atoms with E-state index in [0.29, 0.717) is 30.6 Å². The van der Waals surface area contributed by atoms with Crippen LogP contribution in [0.5, 0.6) is 11.5 Å². The van der Waals surface area contributed by atoms with Gasteiger partial charge in [0.05, 0.1) is 13.2 Å². The number of hydrogen-bond acceptors (Lipinski definition) is 3. The number of carbonyl (C=O) groups is 1. The maximum absolute atomic E-state index is 12.1. The number of benzene rings is 2. The highest BCUT2D eigenvalue weighted by Gasteiger charge is 2.05. The number of rotatable bonds is 8. The van der Waals surface area contributed by atoms with Crippen LogP contribution in [0.4, 0.5) is 5.69 Å². The Bertz CT molecular complexity index is 748. The van der Waals surface area contributed by atoms with Gasteiger partial charge in [-0.1, -0.05) is 32.0 Å². The molecule has 2 aromatic carbocycles. The molecule has 26 heavy (non-hydrogen) atoms. The van der Waals surface area contributed by atoms with Crippen molar-refractivity contribution in [3.8, 4) is 11.5 Å². The molecule has 0 aliphatic rings. The number of hydrogen-bond donors (Lipinski definition) is 1. The maximum atomic E-state index is 12.1. The molecule has 4 nitrogen and oxygen atoms in total. The number of ether oxygens (including phenoxy) is 2. The van der Waals surface area contributed by atoms with E-state index in [1.807, 2.05) is 56.3 Å². The number of anilines is 1. The van der Waals surface area contributed by atoms with Gasteiger partial charge in [0.15, 0.2) is 11.5 Å². The molecule has 0 unspecified atom stereocenters. The first-order valence-corrected chi connectivity index (χ1v) is 9.02. The molecular formula is C22H27NO3. The molecule has 0 atom stereocenters. The summed E-state index contributed by atoms with van der Waals surface area (Å²) in [4.78, 5) is 12.1. The Kier molecular flexibility index (Phi) is 7.27.